The minimum Gasteiger partial charge on any atom is -0.352 e. The van der Waals surface area contributed by atoms with Crippen LogP contribution in [0.15, 0.2) is 12.7 Å². The van der Waals surface area contributed by atoms with Gasteiger partial charge in [0.15, 0.2) is 0 Å². The van der Waals surface area contributed by atoms with Gasteiger partial charge in [-0.05, 0) is 25.6 Å². The van der Waals surface area contributed by atoms with E-state index in [0.29, 0.717) is 12.5 Å². The first-order valence-electron chi connectivity index (χ1n) is 3.75. The van der Waals surface area contributed by atoms with Gasteiger partial charge in [0, 0.05) is 6.54 Å². The van der Waals surface area contributed by atoms with Crippen LogP contribution in [0, 0.1) is 5.92 Å². The van der Waals surface area contributed by atoms with Crippen molar-refractivity contribution in [1.29, 1.82) is 0 Å². The molecule has 0 fully saturated rings. The summed E-state index contributed by atoms with van der Waals surface area (Å²) in [6.45, 7) is 7.04. The number of rotatable bonds is 5. The second-order valence-electron chi connectivity index (χ2n) is 2.61. The average Bonchev–Trinajstić information content (AvgIpc) is 2.01. The molecule has 0 heterocycles. The molecule has 0 aromatic heterocycles. The molecule has 0 aliphatic heterocycles. The number of carbonyl (C=O) groups excluding carboxylic acids is 1. The molecule has 1 unspecified atom stereocenters. The molecule has 0 aromatic carbocycles. The van der Waals surface area contributed by atoms with Crippen molar-refractivity contribution < 1.29 is 4.79 Å². The molecule has 0 bridgehead atoms. The zero-order chi connectivity index (χ0) is 8.69. The van der Waals surface area contributed by atoms with Crippen LogP contribution in [0.4, 0.5) is 0 Å². The molecule has 3 heteroatoms. The molecule has 0 saturated carbocycles. The molecule has 0 aliphatic carbocycles. The van der Waals surface area contributed by atoms with Gasteiger partial charge in [-0.3, -0.25) is 4.79 Å². The maximum Gasteiger partial charge on any atom is 0.243 e. The van der Waals surface area contributed by atoms with Gasteiger partial charge in [0.2, 0.25) is 5.91 Å². The van der Waals surface area contributed by atoms with Crippen molar-refractivity contribution >= 4 is 5.91 Å². The highest BCUT2D eigenvalue weighted by atomic mass is 16.1. The minimum atomic E-state index is -0.104. The van der Waals surface area contributed by atoms with E-state index < -0.39 is 0 Å². The monoisotopic (exact) mass is 156 g/mol. The van der Waals surface area contributed by atoms with Gasteiger partial charge in [-0.2, -0.15) is 0 Å². The summed E-state index contributed by atoms with van der Waals surface area (Å²) in [5, 5.41) is 5.75. The van der Waals surface area contributed by atoms with E-state index in [9.17, 15) is 4.79 Å². The van der Waals surface area contributed by atoms with Gasteiger partial charge < -0.3 is 10.6 Å². The second-order valence-corrected chi connectivity index (χ2v) is 2.61. The van der Waals surface area contributed by atoms with Crippen molar-refractivity contribution in [2.75, 3.05) is 20.1 Å². The van der Waals surface area contributed by atoms with E-state index in [1.54, 1.807) is 0 Å². The Morgan fingerprint density at radius 3 is 2.73 bits per heavy atom. The van der Waals surface area contributed by atoms with E-state index in [1.165, 1.54) is 6.08 Å². The molecule has 0 spiro atoms. The van der Waals surface area contributed by atoms with Gasteiger partial charge in [0.05, 0.1) is 0 Å². The molecule has 0 aromatic rings. The fraction of sp³-hybridized carbons (Fsp3) is 0.625. The van der Waals surface area contributed by atoms with Crippen molar-refractivity contribution in [1.82, 2.24) is 10.6 Å². The lowest BCUT2D eigenvalue weighted by atomic mass is 10.2. The topological polar surface area (TPSA) is 41.1 Å². The Kier molecular flexibility index (Phi) is 5.47. The predicted molar refractivity (Wildman–Crippen MR) is 46.3 cm³/mol. The first-order chi connectivity index (χ1) is 5.20. The third-order valence-electron chi connectivity index (χ3n) is 1.36. The Morgan fingerprint density at radius 2 is 2.27 bits per heavy atom. The van der Waals surface area contributed by atoms with Crippen molar-refractivity contribution in [2.24, 2.45) is 5.92 Å². The fourth-order valence-electron chi connectivity index (χ4n) is 0.768. The van der Waals surface area contributed by atoms with Crippen LogP contribution >= 0.6 is 0 Å². The number of amides is 1. The van der Waals surface area contributed by atoms with E-state index in [2.05, 4.69) is 24.1 Å². The predicted octanol–water partition coefficient (Wildman–Crippen LogP) is 0.144. The minimum absolute atomic E-state index is 0.104. The summed E-state index contributed by atoms with van der Waals surface area (Å²) in [6, 6.07) is 0. The van der Waals surface area contributed by atoms with Crippen molar-refractivity contribution in [3.63, 3.8) is 0 Å². The van der Waals surface area contributed by atoms with E-state index in [0.717, 1.165) is 6.54 Å². The lowest BCUT2D eigenvalue weighted by Gasteiger charge is -2.09. The van der Waals surface area contributed by atoms with Crippen LogP contribution in [0.1, 0.15) is 6.92 Å². The van der Waals surface area contributed by atoms with Crippen LogP contribution in [-0.2, 0) is 4.79 Å². The van der Waals surface area contributed by atoms with Gasteiger partial charge in [-0.25, -0.2) is 0 Å². The van der Waals surface area contributed by atoms with E-state index in [-0.39, 0.29) is 5.91 Å². The van der Waals surface area contributed by atoms with Crippen LogP contribution in [0.5, 0.6) is 0 Å². The van der Waals surface area contributed by atoms with Gasteiger partial charge in [0.25, 0.3) is 0 Å². The molecule has 0 aliphatic rings. The van der Waals surface area contributed by atoms with Crippen LogP contribution in [0.3, 0.4) is 0 Å². The number of carbonyl (C=O) groups is 1. The molecule has 0 saturated heterocycles. The van der Waals surface area contributed by atoms with Crippen LogP contribution in [-0.4, -0.2) is 26.0 Å². The van der Waals surface area contributed by atoms with Gasteiger partial charge in [-0.1, -0.05) is 13.5 Å². The average molecular weight is 156 g/mol. The van der Waals surface area contributed by atoms with Gasteiger partial charge >= 0.3 is 0 Å². The molecule has 2 N–H and O–H groups in total. The van der Waals surface area contributed by atoms with Crippen LogP contribution in [0.2, 0.25) is 0 Å². The Bertz CT molecular complexity index is 134. The van der Waals surface area contributed by atoms with Gasteiger partial charge in [-0.15, -0.1) is 0 Å². The van der Waals surface area contributed by atoms with Gasteiger partial charge in [0.1, 0.15) is 0 Å². The van der Waals surface area contributed by atoms with Crippen molar-refractivity contribution in [2.45, 2.75) is 6.92 Å². The maximum atomic E-state index is 10.7. The summed E-state index contributed by atoms with van der Waals surface area (Å²) in [5.74, 6) is 0.358. The lowest BCUT2D eigenvalue weighted by molar-refractivity contribution is -0.116. The SMILES string of the molecule is C=CC(=O)NCC(C)CNC. The summed E-state index contributed by atoms with van der Waals surface area (Å²) in [6.07, 6.45) is 1.28. The van der Waals surface area contributed by atoms with E-state index in [4.69, 9.17) is 0 Å². The van der Waals surface area contributed by atoms with E-state index in [1.807, 2.05) is 7.05 Å². The molecule has 64 valence electrons. The van der Waals surface area contributed by atoms with E-state index >= 15 is 0 Å². The summed E-state index contributed by atoms with van der Waals surface area (Å²) in [4.78, 5) is 10.7. The summed E-state index contributed by atoms with van der Waals surface area (Å²) in [7, 11) is 1.89. The Balaban J connectivity index is 3.37. The fourth-order valence-corrected chi connectivity index (χ4v) is 0.768. The number of hydrogen-bond acceptors (Lipinski definition) is 2. The Labute approximate surface area is 67.9 Å². The second kappa shape index (κ2) is 5.92. The molecule has 1 atom stereocenters. The lowest BCUT2D eigenvalue weighted by Crippen LogP contribution is -2.30. The highest BCUT2D eigenvalue weighted by Gasteiger charge is 2.00. The standard InChI is InChI=1S/C8H16N2O/c1-4-8(11)10-6-7(2)5-9-3/h4,7,9H,1,5-6H2,2-3H3,(H,10,11). The molecular weight excluding hydrogens is 140 g/mol. The maximum absolute atomic E-state index is 10.7. The molecular formula is C8H16N2O. The normalized spacial score (nSPS) is 12.2. The molecule has 1 amide bonds. The highest BCUT2D eigenvalue weighted by molar-refractivity contribution is 5.86. The Morgan fingerprint density at radius 1 is 1.64 bits per heavy atom. The van der Waals surface area contributed by atoms with Crippen molar-refractivity contribution in [3.05, 3.63) is 12.7 Å². The zero-order valence-electron chi connectivity index (χ0n) is 7.18. The molecule has 0 rings (SSSR count). The first-order valence-corrected chi connectivity index (χ1v) is 3.75. The third-order valence-corrected chi connectivity index (χ3v) is 1.36. The zero-order valence-corrected chi connectivity index (χ0v) is 7.18. The molecule has 0 radical (unpaired) electrons. The van der Waals surface area contributed by atoms with Crippen LogP contribution < -0.4 is 10.6 Å². The van der Waals surface area contributed by atoms with Crippen molar-refractivity contribution in [3.8, 4) is 0 Å². The number of hydrogen-bond donors (Lipinski definition) is 2. The molecule has 11 heavy (non-hydrogen) atoms. The summed E-state index contributed by atoms with van der Waals surface area (Å²) in [5.41, 5.74) is 0. The first kappa shape index (κ1) is 10.2. The quantitative estimate of drug-likeness (QED) is 0.556. The Hall–Kier alpha value is -0.830. The highest BCUT2D eigenvalue weighted by Crippen LogP contribution is 1.88. The largest absolute Gasteiger partial charge is 0.352 e. The summed E-state index contributed by atoms with van der Waals surface area (Å²) < 4.78 is 0. The smallest absolute Gasteiger partial charge is 0.243 e. The number of nitrogens with one attached hydrogen (secondary N) is 2. The molecule has 3 nitrogen and oxygen atoms in total. The van der Waals surface area contributed by atoms with Crippen LogP contribution in [0.25, 0.3) is 0 Å². The third kappa shape index (κ3) is 5.61. The summed E-state index contributed by atoms with van der Waals surface area (Å²) >= 11 is 0.